The Morgan fingerprint density at radius 1 is 0.846 bits per heavy atom. The number of benzene rings is 3. The van der Waals surface area contributed by atoms with Gasteiger partial charge in [0.2, 0.25) is 6.79 Å². The number of esters is 1. The minimum atomic E-state index is -0.577. The van der Waals surface area contributed by atoms with Crippen LogP contribution in [0.4, 0.5) is 15.8 Å². The predicted molar refractivity (Wildman–Crippen MR) is 98.0 cm³/mol. The van der Waals surface area contributed by atoms with E-state index in [9.17, 15) is 9.18 Å². The summed E-state index contributed by atoms with van der Waals surface area (Å²) in [6.07, 6.45) is 0. The summed E-state index contributed by atoms with van der Waals surface area (Å²) in [5.74, 6) is -0.319. The minimum absolute atomic E-state index is 0.247. The summed E-state index contributed by atoms with van der Waals surface area (Å²) in [7, 11) is 0. The smallest absolute Gasteiger partial charge is 0.341 e. The van der Waals surface area contributed by atoms with Crippen molar-refractivity contribution in [1.82, 2.24) is 0 Å². The molecule has 6 heteroatoms. The molecule has 5 nitrogen and oxygen atoms in total. The summed E-state index contributed by atoms with van der Waals surface area (Å²) < 4.78 is 23.4. The maximum absolute atomic E-state index is 13.0. The first-order valence-electron chi connectivity index (χ1n) is 7.83. The zero-order chi connectivity index (χ0) is 18.5. The highest BCUT2D eigenvalue weighted by atomic mass is 19.1. The molecule has 3 aromatic carbocycles. The zero-order valence-corrected chi connectivity index (χ0v) is 13.8. The first-order valence-corrected chi connectivity index (χ1v) is 7.83. The highest BCUT2D eigenvalue weighted by molar-refractivity contribution is 5.91. The molecule has 0 aromatic heterocycles. The van der Waals surface area contributed by atoms with Crippen molar-refractivity contribution in [2.75, 3.05) is 18.3 Å². The van der Waals surface area contributed by atoms with E-state index in [0.29, 0.717) is 17.1 Å². The van der Waals surface area contributed by atoms with Crippen LogP contribution in [0.3, 0.4) is 0 Å². The van der Waals surface area contributed by atoms with Crippen molar-refractivity contribution in [2.24, 2.45) is 0 Å². The number of nitrogens with two attached hydrogens (primary N) is 2. The molecule has 0 aliphatic rings. The monoisotopic (exact) mass is 352 g/mol. The summed E-state index contributed by atoms with van der Waals surface area (Å²) >= 11 is 0. The lowest BCUT2D eigenvalue weighted by atomic mass is 10.1. The Morgan fingerprint density at radius 2 is 1.38 bits per heavy atom. The summed E-state index contributed by atoms with van der Waals surface area (Å²) in [5.41, 5.74) is 14.1. The molecule has 132 valence electrons. The van der Waals surface area contributed by atoms with E-state index in [1.807, 2.05) is 12.1 Å². The fourth-order valence-corrected chi connectivity index (χ4v) is 2.41. The molecule has 3 rings (SSSR count). The third-order valence-corrected chi connectivity index (χ3v) is 3.66. The van der Waals surface area contributed by atoms with Crippen LogP contribution in [0.5, 0.6) is 5.75 Å². The molecule has 0 saturated heterocycles. The van der Waals surface area contributed by atoms with E-state index in [4.69, 9.17) is 20.9 Å². The first-order chi connectivity index (χ1) is 12.5. The Hall–Kier alpha value is -3.54. The van der Waals surface area contributed by atoms with Gasteiger partial charge in [0.1, 0.15) is 11.6 Å². The van der Waals surface area contributed by atoms with Crippen LogP contribution in [0.2, 0.25) is 0 Å². The van der Waals surface area contributed by atoms with Crippen LogP contribution in [-0.4, -0.2) is 12.8 Å². The van der Waals surface area contributed by atoms with Crippen molar-refractivity contribution in [2.45, 2.75) is 0 Å². The summed E-state index contributed by atoms with van der Waals surface area (Å²) in [5, 5.41) is 0. The molecule has 0 bridgehead atoms. The molecule has 0 fully saturated rings. The lowest BCUT2D eigenvalue weighted by Crippen LogP contribution is -2.11. The molecule has 0 heterocycles. The van der Waals surface area contributed by atoms with E-state index < -0.39 is 5.97 Å². The van der Waals surface area contributed by atoms with Crippen LogP contribution in [0.15, 0.2) is 66.7 Å². The molecule has 0 radical (unpaired) electrons. The lowest BCUT2D eigenvalue weighted by molar-refractivity contribution is 0.0154. The number of hydrogen-bond donors (Lipinski definition) is 2. The van der Waals surface area contributed by atoms with Crippen LogP contribution < -0.4 is 16.2 Å². The molecular weight excluding hydrogens is 335 g/mol. The summed E-state index contributed by atoms with van der Waals surface area (Å²) in [4.78, 5) is 12.0. The second-order valence-electron chi connectivity index (χ2n) is 5.61. The van der Waals surface area contributed by atoms with Crippen LogP contribution in [-0.2, 0) is 4.74 Å². The second-order valence-corrected chi connectivity index (χ2v) is 5.61. The van der Waals surface area contributed by atoms with Gasteiger partial charge in [-0.25, -0.2) is 9.18 Å². The molecule has 0 aliphatic carbocycles. The van der Waals surface area contributed by atoms with Gasteiger partial charge in [0, 0.05) is 11.4 Å². The molecule has 0 spiro atoms. The van der Waals surface area contributed by atoms with E-state index >= 15 is 0 Å². The molecule has 0 aliphatic heterocycles. The summed E-state index contributed by atoms with van der Waals surface area (Å²) in [6.45, 7) is -0.247. The molecule has 3 aromatic rings. The van der Waals surface area contributed by atoms with Gasteiger partial charge in [0.25, 0.3) is 0 Å². The number of nitrogen functional groups attached to an aromatic ring is 2. The molecule has 0 saturated carbocycles. The SMILES string of the molecule is Nc1cc(N)cc(C(=O)OCOc2ccc(-c3ccc(F)cc3)cc2)c1. The molecule has 4 N–H and O–H groups in total. The largest absolute Gasteiger partial charge is 0.457 e. The number of hydrogen-bond acceptors (Lipinski definition) is 5. The van der Waals surface area contributed by atoms with Crippen molar-refractivity contribution in [3.8, 4) is 16.9 Å². The van der Waals surface area contributed by atoms with Crippen LogP contribution in [0.1, 0.15) is 10.4 Å². The maximum atomic E-state index is 13.0. The van der Waals surface area contributed by atoms with Crippen molar-refractivity contribution >= 4 is 17.3 Å². The fourth-order valence-electron chi connectivity index (χ4n) is 2.41. The third kappa shape index (κ3) is 4.30. The van der Waals surface area contributed by atoms with E-state index in [0.717, 1.165) is 11.1 Å². The van der Waals surface area contributed by atoms with Gasteiger partial charge in [-0.2, -0.15) is 0 Å². The highest BCUT2D eigenvalue weighted by Crippen LogP contribution is 2.22. The van der Waals surface area contributed by atoms with Crippen LogP contribution in [0, 0.1) is 5.82 Å². The standard InChI is InChI=1S/C20H17FN2O3/c21-16-5-1-13(2-6-16)14-3-7-19(8-4-14)25-12-26-20(24)15-9-17(22)11-18(23)10-15/h1-11H,12,22-23H2. The molecular formula is C20H17FN2O3. The van der Waals surface area contributed by atoms with Gasteiger partial charge >= 0.3 is 5.97 Å². The number of carbonyl (C=O) groups excluding carboxylic acids is 1. The van der Waals surface area contributed by atoms with E-state index in [-0.39, 0.29) is 18.2 Å². The molecule has 0 atom stereocenters. The quantitative estimate of drug-likeness (QED) is 0.414. The number of anilines is 2. The predicted octanol–water partition coefficient (Wildman–Crippen LogP) is 3.85. The van der Waals surface area contributed by atoms with Crippen molar-refractivity contribution in [3.63, 3.8) is 0 Å². The molecule has 26 heavy (non-hydrogen) atoms. The van der Waals surface area contributed by atoms with Gasteiger partial charge in [-0.1, -0.05) is 24.3 Å². The zero-order valence-electron chi connectivity index (χ0n) is 13.8. The number of rotatable bonds is 5. The topological polar surface area (TPSA) is 87.6 Å². The minimum Gasteiger partial charge on any atom is -0.457 e. The fraction of sp³-hybridized carbons (Fsp3) is 0.0500. The molecule has 0 amide bonds. The van der Waals surface area contributed by atoms with Crippen molar-refractivity contribution in [1.29, 1.82) is 0 Å². The number of ether oxygens (including phenoxy) is 2. The van der Waals surface area contributed by atoms with E-state index in [2.05, 4.69) is 0 Å². The van der Waals surface area contributed by atoms with Crippen LogP contribution >= 0.6 is 0 Å². The third-order valence-electron chi connectivity index (χ3n) is 3.66. The average Bonchev–Trinajstić information content (AvgIpc) is 2.62. The van der Waals surface area contributed by atoms with Gasteiger partial charge in [-0.3, -0.25) is 0 Å². The summed E-state index contributed by atoms with van der Waals surface area (Å²) in [6, 6.07) is 17.9. The number of carbonyl (C=O) groups is 1. The van der Waals surface area contributed by atoms with E-state index in [1.165, 1.54) is 24.3 Å². The first kappa shape index (κ1) is 17.3. The van der Waals surface area contributed by atoms with Gasteiger partial charge in [0.05, 0.1) is 5.56 Å². The Morgan fingerprint density at radius 3 is 1.96 bits per heavy atom. The van der Waals surface area contributed by atoms with Gasteiger partial charge in [0.15, 0.2) is 0 Å². The Balaban J connectivity index is 1.56. The van der Waals surface area contributed by atoms with E-state index in [1.54, 1.807) is 30.3 Å². The van der Waals surface area contributed by atoms with Gasteiger partial charge < -0.3 is 20.9 Å². The molecule has 0 unspecified atom stereocenters. The normalized spacial score (nSPS) is 10.3. The Labute approximate surface area is 150 Å². The van der Waals surface area contributed by atoms with Gasteiger partial charge in [-0.15, -0.1) is 0 Å². The Kier molecular flexibility index (Phi) is 5.03. The number of halogens is 1. The maximum Gasteiger partial charge on any atom is 0.341 e. The second kappa shape index (κ2) is 7.57. The van der Waals surface area contributed by atoms with Gasteiger partial charge in [-0.05, 0) is 53.6 Å². The lowest BCUT2D eigenvalue weighted by Gasteiger charge is -2.09. The Bertz CT molecular complexity index is 889. The van der Waals surface area contributed by atoms with Crippen LogP contribution in [0.25, 0.3) is 11.1 Å². The highest BCUT2D eigenvalue weighted by Gasteiger charge is 2.09. The van der Waals surface area contributed by atoms with Crippen molar-refractivity contribution < 1.29 is 18.7 Å². The average molecular weight is 352 g/mol. The van der Waals surface area contributed by atoms with Crippen molar-refractivity contribution in [3.05, 3.63) is 78.1 Å².